The number of amides is 1. The number of methoxy groups -OCH3 is 2. The maximum Gasteiger partial charge on any atom is 0.258 e. The van der Waals surface area contributed by atoms with E-state index in [2.05, 4.69) is 22.0 Å². The number of nitrogens with zero attached hydrogens (tertiary/aromatic N) is 2. The number of anilines is 1. The van der Waals surface area contributed by atoms with E-state index in [0.717, 1.165) is 5.75 Å². The van der Waals surface area contributed by atoms with Gasteiger partial charge in [0.2, 0.25) is 0 Å². The highest BCUT2D eigenvalue weighted by Gasteiger charge is 2.21. The Morgan fingerprint density at radius 2 is 1.74 bits per heavy atom. The summed E-state index contributed by atoms with van der Waals surface area (Å²) in [6.07, 6.45) is 0.212. The minimum atomic E-state index is -0.251. The Hall–Kier alpha value is -2.72. The summed E-state index contributed by atoms with van der Waals surface area (Å²) in [4.78, 5) is 14.7. The van der Waals surface area contributed by atoms with Crippen molar-refractivity contribution in [2.75, 3.05) is 32.3 Å². The fraction of sp³-hybridized carbons (Fsp3) is 0.300. The Bertz CT molecular complexity index is 806. The lowest BCUT2D eigenvalue weighted by atomic mass is 10.1. The third-order valence-corrected chi connectivity index (χ3v) is 4.63. The molecule has 0 fully saturated rings. The Morgan fingerprint density at radius 1 is 1.15 bits per heavy atom. The van der Waals surface area contributed by atoms with Crippen molar-refractivity contribution in [1.29, 1.82) is 5.26 Å². The topological polar surface area (TPSA) is 71.8 Å². The van der Waals surface area contributed by atoms with Crippen LogP contribution in [-0.2, 0) is 0 Å². The maximum atomic E-state index is 13.2. The van der Waals surface area contributed by atoms with E-state index in [0.29, 0.717) is 33.8 Å². The molecular weight excluding hydrogens is 412 g/mol. The molecule has 0 atom stereocenters. The molecule has 142 valence electrons. The van der Waals surface area contributed by atoms with Crippen molar-refractivity contribution in [2.24, 2.45) is 0 Å². The number of carbonyl (C=O) groups excluding carboxylic acids is 1. The third-order valence-electron chi connectivity index (χ3n) is 3.84. The molecule has 0 unspecified atom stereocenters. The molecule has 2 aromatic carbocycles. The number of hydrogen-bond donors (Lipinski definition) is 0. The van der Waals surface area contributed by atoms with E-state index in [1.807, 2.05) is 6.92 Å². The highest BCUT2D eigenvalue weighted by Crippen LogP contribution is 2.36. The number of ether oxygens (including phenoxy) is 3. The zero-order valence-electron chi connectivity index (χ0n) is 15.5. The van der Waals surface area contributed by atoms with Crippen molar-refractivity contribution in [3.63, 3.8) is 0 Å². The smallest absolute Gasteiger partial charge is 0.258 e. The van der Waals surface area contributed by atoms with Gasteiger partial charge in [-0.05, 0) is 59.3 Å². The SMILES string of the molecule is CCOc1ccc(N(CCC#N)C(=O)c2cc(OC)c(Br)c(OC)c2)cc1. The van der Waals surface area contributed by atoms with E-state index in [1.165, 1.54) is 14.2 Å². The van der Waals surface area contributed by atoms with Gasteiger partial charge in [-0.1, -0.05) is 0 Å². The maximum absolute atomic E-state index is 13.2. The van der Waals surface area contributed by atoms with Crippen molar-refractivity contribution in [3.8, 4) is 23.3 Å². The summed E-state index contributed by atoms with van der Waals surface area (Å²) < 4.78 is 16.7. The lowest BCUT2D eigenvalue weighted by Crippen LogP contribution is -2.31. The molecule has 0 saturated heterocycles. The molecule has 7 heteroatoms. The van der Waals surface area contributed by atoms with Crippen LogP contribution in [-0.4, -0.2) is 33.3 Å². The molecule has 6 nitrogen and oxygen atoms in total. The first kappa shape index (κ1) is 20.6. The molecule has 0 saturated carbocycles. The normalized spacial score (nSPS) is 10.0. The second-order valence-corrected chi connectivity index (χ2v) is 6.28. The number of carbonyl (C=O) groups is 1. The van der Waals surface area contributed by atoms with Gasteiger partial charge in [0.25, 0.3) is 5.91 Å². The number of rotatable bonds is 8. The molecule has 0 radical (unpaired) electrons. The Labute approximate surface area is 167 Å². The molecule has 0 aliphatic carbocycles. The fourth-order valence-electron chi connectivity index (χ4n) is 2.55. The summed E-state index contributed by atoms with van der Waals surface area (Å²) in [6.45, 7) is 2.74. The van der Waals surface area contributed by atoms with Gasteiger partial charge in [-0.25, -0.2) is 0 Å². The van der Waals surface area contributed by atoms with Crippen molar-refractivity contribution in [1.82, 2.24) is 0 Å². The first-order chi connectivity index (χ1) is 13.0. The highest BCUT2D eigenvalue weighted by molar-refractivity contribution is 9.10. The zero-order valence-corrected chi connectivity index (χ0v) is 17.1. The fourth-order valence-corrected chi connectivity index (χ4v) is 3.10. The monoisotopic (exact) mass is 432 g/mol. The second-order valence-electron chi connectivity index (χ2n) is 5.49. The Kier molecular flexibility index (Phi) is 7.50. The first-order valence-electron chi connectivity index (χ1n) is 8.38. The van der Waals surface area contributed by atoms with Crippen molar-refractivity contribution in [2.45, 2.75) is 13.3 Å². The summed E-state index contributed by atoms with van der Waals surface area (Å²) in [6, 6.07) is 12.6. The predicted molar refractivity (Wildman–Crippen MR) is 107 cm³/mol. The quantitative estimate of drug-likeness (QED) is 0.616. The van der Waals surface area contributed by atoms with E-state index < -0.39 is 0 Å². The van der Waals surface area contributed by atoms with Gasteiger partial charge in [0.15, 0.2) is 0 Å². The van der Waals surface area contributed by atoms with E-state index in [9.17, 15) is 4.79 Å². The Balaban J connectivity index is 2.41. The van der Waals surface area contributed by atoms with Gasteiger partial charge in [0.05, 0.1) is 33.3 Å². The molecule has 0 aliphatic heterocycles. The summed E-state index contributed by atoms with van der Waals surface area (Å²) in [5.41, 5.74) is 1.08. The molecule has 0 N–H and O–H groups in total. The minimum Gasteiger partial charge on any atom is -0.495 e. The molecule has 1 amide bonds. The van der Waals surface area contributed by atoms with Crippen LogP contribution in [0.2, 0.25) is 0 Å². The van der Waals surface area contributed by atoms with Gasteiger partial charge in [-0.3, -0.25) is 4.79 Å². The van der Waals surface area contributed by atoms with E-state index in [-0.39, 0.29) is 18.9 Å². The molecule has 27 heavy (non-hydrogen) atoms. The van der Waals surface area contributed by atoms with Crippen LogP contribution >= 0.6 is 15.9 Å². The van der Waals surface area contributed by atoms with Gasteiger partial charge in [-0.2, -0.15) is 5.26 Å². The molecule has 0 spiro atoms. The molecule has 0 aliphatic rings. The van der Waals surface area contributed by atoms with Crippen LogP contribution in [0.1, 0.15) is 23.7 Å². The summed E-state index contributed by atoms with van der Waals surface area (Å²) in [7, 11) is 3.04. The van der Waals surface area contributed by atoms with Crippen LogP contribution in [0.5, 0.6) is 17.2 Å². The van der Waals surface area contributed by atoms with E-state index >= 15 is 0 Å². The van der Waals surface area contributed by atoms with Crippen molar-refractivity contribution < 1.29 is 19.0 Å². The summed E-state index contributed by atoms with van der Waals surface area (Å²) in [5.74, 6) is 1.45. The van der Waals surface area contributed by atoms with Crippen LogP contribution in [0.3, 0.4) is 0 Å². The zero-order chi connectivity index (χ0) is 19.8. The first-order valence-corrected chi connectivity index (χ1v) is 9.18. The average Bonchev–Trinajstić information content (AvgIpc) is 2.69. The lowest BCUT2D eigenvalue weighted by molar-refractivity contribution is 0.0986. The van der Waals surface area contributed by atoms with Crippen LogP contribution in [0, 0.1) is 11.3 Å². The number of nitriles is 1. The van der Waals surface area contributed by atoms with E-state index in [1.54, 1.807) is 41.3 Å². The van der Waals surface area contributed by atoms with Crippen molar-refractivity contribution in [3.05, 3.63) is 46.4 Å². The van der Waals surface area contributed by atoms with Crippen LogP contribution < -0.4 is 19.1 Å². The van der Waals surface area contributed by atoms with Crippen LogP contribution in [0.25, 0.3) is 0 Å². The minimum absolute atomic E-state index is 0.212. The van der Waals surface area contributed by atoms with Gasteiger partial charge >= 0.3 is 0 Å². The number of benzene rings is 2. The Morgan fingerprint density at radius 3 is 2.22 bits per heavy atom. The molecule has 0 bridgehead atoms. The third kappa shape index (κ3) is 4.92. The van der Waals surface area contributed by atoms with Gasteiger partial charge in [-0.15, -0.1) is 0 Å². The van der Waals surface area contributed by atoms with Gasteiger partial charge in [0.1, 0.15) is 21.7 Å². The van der Waals surface area contributed by atoms with Crippen molar-refractivity contribution >= 4 is 27.5 Å². The van der Waals surface area contributed by atoms with Crippen LogP contribution in [0.15, 0.2) is 40.9 Å². The predicted octanol–water partition coefficient (Wildman–Crippen LogP) is 4.43. The lowest BCUT2D eigenvalue weighted by Gasteiger charge is -2.23. The summed E-state index contributed by atoms with van der Waals surface area (Å²) in [5, 5.41) is 8.98. The summed E-state index contributed by atoms with van der Waals surface area (Å²) >= 11 is 3.40. The van der Waals surface area contributed by atoms with E-state index in [4.69, 9.17) is 19.5 Å². The molecular formula is C20H21BrN2O4. The highest BCUT2D eigenvalue weighted by atomic mass is 79.9. The molecule has 2 aromatic rings. The number of halogens is 1. The number of hydrogen-bond acceptors (Lipinski definition) is 5. The van der Waals surface area contributed by atoms with Crippen LogP contribution in [0.4, 0.5) is 5.69 Å². The molecule has 2 rings (SSSR count). The van der Waals surface area contributed by atoms with Gasteiger partial charge in [0, 0.05) is 17.8 Å². The second kappa shape index (κ2) is 9.83. The molecule has 0 aromatic heterocycles. The average molecular weight is 433 g/mol. The largest absolute Gasteiger partial charge is 0.495 e. The molecule has 0 heterocycles. The standard InChI is InChI=1S/C20H21BrN2O4/c1-4-27-16-8-6-15(7-9-16)23(11-5-10-22)20(24)14-12-17(25-2)19(21)18(13-14)26-3/h6-9,12-13H,4-5,11H2,1-3H3. The van der Waals surface area contributed by atoms with Gasteiger partial charge < -0.3 is 19.1 Å².